The fourth-order valence-electron chi connectivity index (χ4n) is 3.90. The minimum Gasteiger partial charge on any atom is -0.493 e. The van der Waals surface area contributed by atoms with Gasteiger partial charge in [-0.15, -0.1) is 0 Å². The number of hydrogen-bond donors (Lipinski definition) is 0. The molecule has 0 aliphatic carbocycles. The molecular weight excluding hydrogens is 364 g/mol. The molecule has 3 aromatic rings. The van der Waals surface area contributed by atoms with Gasteiger partial charge in [-0.05, 0) is 55.2 Å². The number of benzene rings is 2. The molecule has 152 valence electrons. The van der Waals surface area contributed by atoms with Gasteiger partial charge in [-0.2, -0.15) is 0 Å². The maximum atomic E-state index is 6.01. The molecule has 0 saturated carbocycles. The highest BCUT2D eigenvalue weighted by molar-refractivity contribution is 5.86. The Hall–Kier alpha value is -2.79. The summed E-state index contributed by atoms with van der Waals surface area (Å²) < 4.78 is 16.8. The van der Waals surface area contributed by atoms with Gasteiger partial charge in [0.1, 0.15) is 6.61 Å². The van der Waals surface area contributed by atoms with Gasteiger partial charge < -0.3 is 14.2 Å². The third-order valence-corrected chi connectivity index (χ3v) is 5.65. The molecular formula is C24H28N2O3. The quantitative estimate of drug-likeness (QED) is 0.647. The molecule has 5 nitrogen and oxygen atoms in total. The summed E-state index contributed by atoms with van der Waals surface area (Å²) in [5.41, 5.74) is 5.88. The first-order chi connectivity index (χ1) is 14.1. The van der Waals surface area contributed by atoms with Crippen molar-refractivity contribution in [3.63, 3.8) is 0 Å². The number of aryl methyl sites for hydroxylation is 2. The highest BCUT2D eigenvalue weighted by Gasteiger charge is 2.18. The second kappa shape index (κ2) is 8.29. The van der Waals surface area contributed by atoms with Crippen molar-refractivity contribution in [1.29, 1.82) is 0 Å². The van der Waals surface area contributed by atoms with Gasteiger partial charge in [-0.25, -0.2) is 4.98 Å². The third-order valence-electron chi connectivity index (χ3n) is 5.65. The van der Waals surface area contributed by atoms with Crippen molar-refractivity contribution in [2.24, 2.45) is 0 Å². The molecule has 5 heteroatoms. The number of rotatable bonds is 5. The van der Waals surface area contributed by atoms with E-state index in [2.05, 4.69) is 49.1 Å². The molecule has 0 spiro atoms. The van der Waals surface area contributed by atoms with Crippen LogP contribution in [-0.2, 0) is 13.0 Å². The maximum Gasteiger partial charge on any atom is 0.218 e. The Bertz CT molecular complexity index is 1030. The van der Waals surface area contributed by atoms with Crippen LogP contribution in [0.25, 0.3) is 10.9 Å². The second-order valence-corrected chi connectivity index (χ2v) is 7.61. The normalized spacial score (nSPS) is 14.2. The molecule has 0 amide bonds. The maximum absolute atomic E-state index is 6.01. The van der Waals surface area contributed by atoms with E-state index in [4.69, 9.17) is 19.2 Å². The molecule has 1 aliphatic heterocycles. The van der Waals surface area contributed by atoms with E-state index in [9.17, 15) is 0 Å². The lowest BCUT2D eigenvalue weighted by atomic mass is 10.0. The van der Waals surface area contributed by atoms with Gasteiger partial charge in [0, 0.05) is 30.6 Å². The van der Waals surface area contributed by atoms with Crippen molar-refractivity contribution >= 4 is 10.9 Å². The summed E-state index contributed by atoms with van der Waals surface area (Å²) in [4.78, 5) is 7.28. The van der Waals surface area contributed by atoms with E-state index in [1.54, 1.807) is 14.2 Å². The summed E-state index contributed by atoms with van der Waals surface area (Å²) in [5, 5.41) is 1.22. The topological polar surface area (TPSA) is 43.8 Å². The standard InChI is InChI=1S/C24H28N2O3/c1-16-5-6-17(2)23-20(16)14-19-15-26(11-12-29-24(19)25-23)10-9-18-7-8-21(27-3)22(13-18)28-4/h5-8,13-14H,9-12,15H2,1-4H3. The molecule has 4 rings (SSSR count). The average Bonchev–Trinajstić information content (AvgIpc) is 2.95. The van der Waals surface area contributed by atoms with E-state index in [1.165, 1.54) is 22.1 Å². The van der Waals surface area contributed by atoms with Crippen LogP contribution in [0, 0.1) is 13.8 Å². The minimum absolute atomic E-state index is 0.655. The van der Waals surface area contributed by atoms with Crippen LogP contribution >= 0.6 is 0 Å². The summed E-state index contributed by atoms with van der Waals surface area (Å²) >= 11 is 0. The van der Waals surface area contributed by atoms with Crippen LogP contribution in [0.2, 0.25) is 0 Å². The zero-order valence-corrected chi connectivity index (χ0v) is 17.6. The van der Waals surface area contributed by atoms with Crippen molar-refractivity contribution in [2.75, 3.05) is 33.9 Å². The number of aromatic nitrogens is 1. The summed E-state index contributed by atoms with van der Waals surface area (Å²) in [6, 6.07) is 12.7. The molecule has 2 aromatic carbocycles. The monoisotopic (exact) mass is 392 g/mol. The van der Waals surface area contributed by atoms with Crippen LogP contribution in [0.4, 0.5) is 0 Å². The predicted octanol–water partition coefficient (Wildman–Crippen LogP) is 4.31. The Labute approximate surface area is 172 Å². The van der Waals surface area contributed by atoms with Gasteiger partial charge in [0.05, 0.1) is 19.7 Å². The van der Waals surface area contributed by atoms with Crippen molar-refractivity contribution in [2.45, 2.75) is 26.8 Å². The number of methoxy groups -OCH3 is 2. The van der Waals surface area contributed by atoms with Gasteiger partial charge in [0.25, 0.3) is 0 Å². The van der Waals surface area contributed by atoms with E-state index < -0.39 is 0 Å². The van der Waals surface area contributed by atoms with E-state index >= 15 is 0 Å². The van der Waals surface area contributed by atoms with Gasteiger partial charge in [0.15, 0.2) is 11.5 Å². The van der Waals surface area contributed by atoms with Crippen LogP contribution in [0.15, 0.2) is 36.4 Å². The Kier molecular flexibility index (Phi) is 5.58. The van der Waals surface area contributed by atoms with E-state index in [1.807, 2.05) is 6.07 Å². The highest BCUT2D eigenvalue weighted by atomic mass is 16.5. The fourth-order valence-corrected chi connectivity index (χ4v) is 3.90. The first-order valence-electron chi connectivity index (χ1n) is 10.0. The van der Waals surface area contributed by atoms with Gasteiger partial charge in [-0.1, -0.05) is 18.2 Å². The Morgan fingerprint density at radius 3 is 2.59 bits per heavy atom. The van der Waals surface area contributed by atoms with Crippen LogP contribution in [-0.4, -0.2) is 43.8 Å². The SMILES string of the molecule is COc1ccc(CCN2CCOc3nc4c(C)ccc(C)c4cc3C2)cc1OC. The van der Waals surface area contributed by atoms with Crippen molar-refractivity contribution in [3.8, 4) is 17.4 Å². The number of hydrogen-bond acceptors (Lipinski definition) is 5. The number of pyridine rings is 1. The summed E-state index contributed by atoms with van der Waals surface area (Å²) in [6.45, 7) is 7.58. The highest BCUT2D eigenvalue weighted by Crippen LogP contribution is 2.30. The molecule has 0 N–H and O–H groups in total. The van der Waals surface area contributed by atoms with E-state index in [-0.39, 0.29) is 0 Å². The smallest absolute Gasteiger partial charge is 0.218 e. The number of ether oxygens (including phenoxy) is 3. The van der Waals surface area contributed by atoms with Gasteiger partial charge >= 0.3 is 0 Å². The third kappa shape index (κ3) is 4.01. The largest absolute Gasteiger partial charge is 0.493 e. The lowest BCUT2D eigenvalue weighted by molar-refractivity contribution is 0.225. The van der Waals surface area contributed by atoms with Crippen molar-refractivity contribution < 1.29 is 14.2 Å². The number of nitrogens with zero attached hydrogens (tertiary/aromatic N) is 2. The molecule has 0 radical (unpaired) electrons. The Balaban J connectivity index is 1.53. The second-order valence-electron chi connectivity index (χ2n) is 7.61. The van der Waals surface area contributed by atoms with E-state index in [0.29, 0.717) is 6.61 Å². The zero-order valence-electron chi connectivity index (χ0n) is 17.6. The number of fused-ring (bicyclic) bond motifs is 2. The minimum atomic E-state index is 0.655. The summed E-state index contributed by atoms with van der Waals surface area (Å²) in [5.74, 6) is 2.31. The molecule has 0 bridgehead atoms. The molecule has 0 saturated heterocycles. The Morgan fingerprint density at radius 1 is 1.00 bits per heavy atom. The first kappa shape index (κ1) is 19.5. The lowest BCUT2D eigenvalue weighted by Gasteiger charge is -2.19. The summed E-state index contributed by atoms with van der Waals surface area (Å²) in [6.07, 6.45) is 0.939. The predicted molar refractivity (Wildman–Crippen MR) is 115 cm³/mol. The van der Waals surface area contributed by atoms with Crippen molar-refractivity contribution in [1.82, 2.24) is 9.88 Å². The fraction of sp³-hybridized carbons (Fsp3) is 0.375. The average molecular weight is 392 g/mol. The Morgan fingerprint density at radius 2 is 1.79 bits per heavy atom. The summed E-state index contributed by atoms with van der Waals surface area (Å²) in [7, 11) is 3.33. The van der Waals surface area contributed by atoms with E-state index in [0.717, 1.165) is 54.5 Å². The van der Waals surface area contributed by atoms with Crippen molar-refractivity contribution in [3.05, 3.63) is 58.7 Å². The molecule has 29 heavy (non-hydrogen) atoms. The lowest BCUT2D eigenvalue weighted by Crippen LogP contribution is -2.28. The molecule has 2 heterocycles. The molecule has 1 aliphatic rings. The van der Waals surface area contributed by atoms with Crippen LogP contribution < -0.4 is 14.2 Å². The first-order valence-corrected chi connectivity index (χ1v) is 10.0. The van der Waals surface area contributed by atoms with Gasteiger partial charge in [-0.3, -0.25) is 4.90 Å². The molecule has 1 aromatic heterocycles. The molecule has 0 unspecified atom stereocenters. The van der Waals surface area contributed by atoms with Gasteiger partial charge in [0.2, 0.25) is 5.88 Å². The van der Waals surface area contributed by atoms with Crippen LogP contribution in [0.1, 0.15) is 22.3 Å². The molecule has 0 atom stereocenters. The van der Waals surface area contributed by atoms with Crippen LogP contribution in [0.3, 0.4) is 0 Å². The van der Waals surface area contributed by atoms with Crippen LogP contribution in [0.5, 0.6) is 17.4 Å². The zero-order chi connectivity index (χ0) is 20.4. The molecule has 0 fully saturated rings.